The largest absolute Gasteiger partial charge is 0.452 e. The Morgan fingerprint density at radius 3 is 2.72 bits per heavy atom. The molecule has 1 fully saturated rings. The average molecular weight is 348 g/mol. The van der Waals surface area contributed by atoms with E-state index in [-0.39, 0.29) is 28.8 Å². The van der Waals surface area contributed by atoms with Crippen molar-refractivity contribution in [3.8, 4) is 0 Å². The van der Waals surface area contributed by atoms with E-state index < -0.39 is 17.5 Å². The van der Waals surface area contributed by atoms with Gasteiger partial charge in [-0.3, -0.25) is 14.9 Å². The van der Waals surface area contributed by atoms with Crippen LogP contribution in [-0.2, 0) is 9.53 Å². The Hall–Kier alpha value is -2.44. The van der Waals surface area contributed by atoms with Gasteiger partial charge in [-0.15, -0.1) is 0 Å². The Bertz CT molecular complexity index is 673. The lowest BCUT2D eigenvalue weighted by Gasteiger charge is -2.34. The number of benzene rings is 1. The number of ether oxygens (including phenoxy) is 1. The monoisotopic (exact) mass is 348 g/mol. The summed E-state index contributed by atoms with van der Waals surface area (Å²) in [5.74, 6) is -0.148. The van der Waals surface area contributed by atoms with Crippen molar-refractivity contribution in [1.82, 2.24) is 5.32 Å². The van der Waals surface area contributed by atoms with Gasteiger partial charge in [0, 0.05) is 17.7 Å². The van der Waals surface area contributed by atoms with Gasteiger partial charge in [-0.05, 0) is 31.2 Å². The third-order valence-electron chi connectivity index (χ3n) is 5.11. The molecule has 1 N–H and O–H groups in total. The molecule has 0 heterocycles. The Labute approximate surface area is 146 Å². The molecule has 25 heavy (non-hydrogen) atoms. The van der Waals surface area contributed by atoms with Crippen molar-refractivity contribution in [3.05, 3.63) is 39.4 Å². The van der Waals surface area contributed by atoms with Crippen LogP contribution in [0.2, 0.25) is 0 Å². The van der Waals surface area contributed by atoms with Crippen molar-refractivity contribution in [2.75, 3.05) is 6.61 Å². The van der Waals surface area contributed by atoms with Gasteiger partial charge in [-0.1, -0.05) is 32.8 Å². The van der Waals surface area contributed by atoms with Crippen molar-refractivity contribution < 1.29 is 19.2 Å². The van der Waals surface area contributed by atoms with E-state index in [1.54, 1.807) is 0 Å². The number of rotatable bonds is 5. The summed E-state index contributed by atoms with van der Waals surface area (Å²) in [6.07, 6.45) is 3.16. The van der Waals surface area contributed by atoms with E-state index >= 15 is 0 Å². The highest BCUT2D eigenvalue weighted by Gasteiger charge is 2.28. The third kappa shape index (κ3) is 4.55. The summed E-state index contributed by atoms with van der Waals surface area (Å²) in [6, 6.07) is 4.29. The number of nitro groups is 1. The fourth-order valence-corrected chi connectivity index (χ4v) is 3.29. The van der Waals surface area contributed by atoms with Crippen LogP contribution in [0.1, 0.15) is 49.0 Å². The van der Waals surface area contributed by atoms with E-state index in [0.29, 0.717) is 11.8 Å². The minimum absolute atomic E-state index is 0.0921. The predicted molar refractivity (Wildman–Crippen MR) is 92.2 cm³/mol. The SMILES string of the molecule is Cc1c(C(=O)OCC(=O)N[C@H]2CCC[C@@H](C)[C@@H]2C)cccc1[N+](=O)[O-]. The first-order chi connectivity index (χ1) is 11.8. The van der Waals surface area contributed by atoms with Crippen LogP contribution >= 0.6 is 0 Å². The first kappa shape index (κ1) is 18.9. The second kappa shape index (κ2) is 8.09. The molecule has 1 aromatic rings. The van der Waals surface area contributed by atoms with Gasteiger partial charge in [0.25, 0.3) is 11.6 Å². The molecule has 0 unspecified atom stereocenters. The maximum atomic E-state index is 12.1. The topological polar surface area (TPSA) is 98.5 Å². The van der Waals surface area contributed by atoms with Gasteiger partial charge in [0.15, 0.2) is 6.61 Å². The van der Waals surface area contributed by atoms with Gasteiger partial charge in [0.2, 0.25) is 0 Å². The van der Waals surface area contributed by atoms with Gasteiger partial charge in [0.05, 0.1) is 10.5 Å². The minimum Gasteiger partial charge on any atom is -0.452 e. The number of nitrogens with one attached hydrogen (secondary N) is 1. The lowest BCUT2D eigenvalue weighted by Crippen LogP contribution is -2.45. The van der Waals surface area contributed by atoms with Gasteiger partial charge >= 0.3 is 5.97 Å². The first-order valence-electron chi connectivity index (χ1n) is 8.51. The van der Waals surface area contributed by atoms with Crippen molar-refractivity contribution >= 4 is 17.6 Å². The van der Waals surface area contributed by atoms with Gasteiger partial charge in [0.1, 0.15) is 0 Å². The van der Waals surface area contributed by atoms with Gasteiger partial charge in [-0.25, -0.2) is 4.79 Å². The van der Waals surface area contributed by atoms with E-state index in [0.717, 1.165) is 19.3 Å². The van der Waals surface area contributed by atoms with Crippen LogP contribution in [-0.4, -0.2) is 29.4 Å². The highest BCUT2D eigenvalue weighted by Crippen LogP contribution is 2.29. The molecule has 0 spiro atoms. The fraction of sp³-hybridized carbons (Fsp3) is 0.556. The molecule has 1 aliphatic carbocycles. The van der Waals surface area contributed by atoms with Crippen LogP contribution in [0.15, 0.2) is 18.2 Å². The molecule has 1 aliphatic rings. The van der Waals surface area contributed by atoms with Gasteiger partial charge in [-0.2, -0.15) is 0 Å². The Kier molecular flexibility index (Phi) is 6.12. The lowest BCUT2D eigenvalue weighted by molar-refractivity contribution is -0.385. The molecule has 0 saturated heterocycles. The Morgan fingerprint density at radius 2 is 2.04 bits per heavy atom. The van der Waals surface area contributed by atoms with Crippen LogP contribution in [0.4, 0.5) is 5.69 Å². The van der Waals surface area contributed by atoms with E-state index in [9.17, 15) is 19.7 Å². The van der Waals surface area contributed by atoms with E-state index in [1.807, 2.05) is 0 Å². The zero-order chi connectivity index (χ0) is 18.6. The number of amides is 1. The highest BCUT2D eigenvalue weighted by molar-refractivity contribution is 5.93. The second-order valence-electron chi connectivity index (χ2n) is 6.72. The molecule has 1 saturated carbocycles. The quantitative estimate of drug-likeness (QED) is 0.501. The summed E-state index contributed by atoms with van der Waals surface area (Å²) in [5, 5.41) is 13.9. The zero-order valence-corrected chi connectivity index (χ0v) is 14.8. The smallest absolute Gasteiger partial charge is 0.339 e. The van der Waals surface area contributed by atoms with Crippen LogP contribution in [0, 0.1) is 28.9 Å². The van der Waals surface area contributed by atoms with Crippen molar-refractivity contribution in [2.24, 2.45) is 11.8 Å². The molecule has 3 atom stereocenters. The van der Waals surface area contributed by atoms with Gasteiger partial charge < -0.3 is 10.1 Å². The maximum Gasteiger partial charge on any atom is 0.339 e. The molecule has 7 heteroatoms. The molecule has 7 nitrogen and oxygen atoms in total. The number of esters is 1. The number of carbonyl (C=O) groups is 2. The fourth-order valence-electron chi connectivity index (χ4n) is 3.29. The summed E-state index contributed by atoms with van der Waals surface area (Å²) >= 11 is 0. The lowest BCUT2D eigenvalue weighted by atomic mass is 9.78. The van der Waals surface area contributed by atoms with E-state index in [4.69, 9.17) is 4.74 Å². The minimum atomic E-state index is -0.735. The summed E-state index contributed by atoms with van der Waals surface area (Å²) in [6.45, 7) is 5.39. The maximum absolute atomic E-state index is 12.1. The second-order valence-corrected chi connectivity index (χ2v) is 6.72. The Morgan fingerprint density at radius 1 is 1.32 bits per heavy atom. The molecule has 0 bridgehead atoms. The van der Waals surface area contributed by atoms with E-state index in [2.05, 4.69) is 19.2 Å². The third-order valence-corrected chi connectivity index (χ3v) is 5.11. The number of nitrogens with zero attached hydrogens (tertiary/aromatic N) is 1. The molecule has 0 aliphatic heterocycles. The Balaban J connectivity index is 1.93. The normalized spacial score (nSPS) is 22.9. The molecule has 0 radical (unpaired) electrons. The summed E-state index contributed by atoms with van der Waals surface area (Å²) in [5.41, 5.74) is 0.179. The van der Waals surface area contributed by atoms with E-state index in [1.165, 1.54) is 25.1 Å². The van der Waals surface area contributed by atoms with Crippen LogP contribution in [0.25, 0.3) is 0 Å². The molecule has 136 valence electrons. The van der Waals surface area contributed by atoms with Crippen molar-refractivity contribution in [1.29, 1.82) is 0 Å². The summed E-state index contributed by atoms with van der Waals surface area (Å²) < 4.78 is 5.04. The number of nitro benzene ring substituents is 1. The highest BCUT2D eigenvalue weighted by atomic mass is 16.6. The van der Waals surface area contributed by atoms with Crippen LogP contribution < -0.4 is 5.32 Å². The molecule has 2 rings (SSSR count). The number of hydrogen-bond acceptors (Lipinski definition) is 5. The van der Waals surface area contributed by atoms with Crippen LogP contribution in [0.3, 0.4) is 0 Å². The molecular formula is C18H24N2O5. The predicted octanol–water partition coefficient (Wildman–Crippen LogP) is 3.00. The molecular weight excluding hydrogens is 324 g/mol. The molecule has 1 amide bonds. The zero-order valence-electron chi connectivity index (χ0n) is 14.8. The van der Waals surface area contributed by atoms with Crippen molar-refractivity contribution in [3.63, 3.8) is 0 Å². The van der Waals surface area contributed by atoms with Crippen LogP contribution in [0.5, 0.6) is 0 Å². The first-order valence-corrected chi connectivity index (χ1v) is 8.51. The summed E-state index contributed by atoms with van der Waals surface area (Å²) in [4.78, 5) is 34.6. The van der Waals surface area contributed by atoms with Crippen molar-refractivity contribution in [2.45, 2.75) is 46.1 Å². The molecule has 1 aromatic carbocycles. The molecule has 0 aromatic heterocycles. The number of carbonyl (C=O) groups excluding carboxylic acids is 2. The summed E-state index contributed by atoms with van der Waals surface area (Å²) in [7, 11) is 0. The average Bonchev–Trinajstić information content (AvgIpc) is 2.57. The number of hydrogen-bond donors (Lipinski definition) is 1. The standard InChI is InChI=1S/C18H24N2O5/c1-11-6-4-8-15(12(11)2)19-17(21)10-25-18(22)14-7-5-9-16(13(14)3)20(23)24/h5,7,9,11-12,15H,4,6,8,10H2,1-3H3,(H,19,21)/t11-,12+,15+/m1/s1.